The Hall–Kier alpha value is -2.19. The number of para-hydroxylation sites is 1. The van der Waals surface area contributed by atoms with Gasteiger partial charge in [0.05, 0.1) is 17.9 Å². The maximum absolute atomic E-state index is 12.6. The zero-order chi connectivity index (χ0) is 15.2. The average Bonchev–Trinajstić information content (AvgIpc) is 2.84. The number of nitrogens with zero attached hydrogens (tertiary/aromatic N) is 3. The SMILES string of the molecule is CCN1Cc2c(C(=O)O)ncn2-c2ccccc2S1(=O)=O. The normalized spacial score (nSPS) is 16.8. The molecule has 0 spiro atoms. The Balaban J connectivity index is 2.36. The minimum atomic E-state index is -3.66. The Bertz CT molecular complexity index is 826. The fraction of sp³-hybridized carbons (Fsp3) is 0.231. The topological polar surface area (TPSA) is 92.5 Å². The summed E-state index contributed by atoms with van der Waals surface area (Å²) in [5.74, 6) is -1.17. The van der Waals surface area contributed by atoms with Gasteiger partial charge in [-0.05, 0) is 12.1 Å². The second kappa shape index (κ2) is 4.68. The van der Waals surface area contributed by atoms with Crippen LogP contribution in [0.25, 0.3) is 5.69 Å². The molecule has 3 rings (SSSR count). The van der Waals surface area contributed by atoms with Crippen LogP contribution in [0.2, 0.25) is 0 Å². The molecular formula is C13H13N3O4S. The number of fused-ring (bicyclic) bond motifs is 3. The maximum Gasteiger partial charge on any atom is 0.356 e. The van der Waals surface area contributed by atoms with Gasteiger partial charge in [-0.3, -0.25) is 4.57 Å². The summed E-state index contributed by atoms with van der Waals surface area (Å²) in [6.07, 6.45) is 1.35. The molecule has 110 valence electrons. The predicted octanol–water partition coefficient (Wildman–Crippen LogP) is 1.09. The van der Waals surface area contributed by atoms with Gasteiger partial charge in [-0.1, -0.05) is 19.1 Å². The highest BCUT2D eigenvalue weighted by Crippen LogP contribution is 2.30. The number of benzene rings is 1. The first-order valence-electron chi connectivity index (χ1n) is 6.36. The number of aromatic nitrogens is 2. The van der Waals surface area contributed by atoms with Crippen LogP contribution in [0.1, 0.15) is 23.1 Å². The van der Waals surface area contributed by atoms with Crippen molar-refractivity contribution in [3.8, 4) is 5.69 Å². The van der Waals surface area contributed by atoms with E-state index in [4.69, 9.17) is 0 Å². The number of carboxylic acids is 1. The molecule has 0 radical (unpaired) electrons. The van der Waals surface area contributed by atoms with Crippen molar-refractivity contribution in [2.24, 2.45) is 0 Å². The van der Waals surface area contributed by atoms with E-state index in [0.29, 0.717) is 11.4 Å². The van der Waals surface area contributed by atoms with Gasteiger partial charge in [-0.25, -0.2) is 18.2 Å². The van der Waals surface area contributed by atoms with Crippen molar-refractivity contribution < 1.29 is 18.3 Å². The largest absolute Gasteiger partial charge is 0.476 e. The monoisotopic (exact) mass is 307 g/mol. The molecule has 2 aromatic rings. The van der Waals surface area contributed by atoms with Crippen molar-refractivity contribution in [3.05, 3.63) is 42.0 Å². The van der Waals surface area contributed by atoms with E-state index in [9.17, 15) is 18.3 Å². The standard InChI is InChI=1S/C13H13N3O4S/c1-2-15-7-10-12(13(17)18)14-8-16(10)9-5-3-4-6-11(9)21(15,19)20/h3-6,8H,2,7H2,1H3,(H,17,18). The first-order valence-corrected chi connectivity index (χ1v) is 7.80. The highest BCUT2D eigenvalue weighted by molar-refractivity contribution is 7.89. The van der Waals surface area contributed by atoms with Crippen molar-refractivity contribution >= 4 is 16.0 Å². The molecule has 8 heteroatoms. The van der Waals surface area contributed by atoms with E-state index < -0.39 is 16.0 Å². The Labute approximate surface area is 121 Å². The summed E-state index contributed by atoms with van der Waals surface area (Å²) < 4.78 is 28.1. The van der Waals surface area contributed by atoms with Crippen LogP contribution in [-0.4, -0.2) is 39.9 Å². The number of aromatic carboxylic acids is 1. The minimum Gasteiger partial charge on any atom is -0.476 e. The Morgan fingerprint density at radius 2 is 2.10 bits per heavy atom. The highest BCUT2D eigenvalue weighted by atomic mass is 32.2. The maximum atomic E-state index is 12.6. The molecule has 0 saturated heterocycles. The van der Waals surface area contributed by atoms with Crippen LogP contribution >= 0.6 is 0 Å². The number of imidazole rings is 1. The third-order valence-corrected chi connectivity index (χ3v) is 5.46. The van der Waals surface area contributed by atoms with Crippen LogP contribution < -0.4 is 0 Å². The molecule has 1 aromatic carbocycles. The summed E-state index contributed by atoms with van der Waals surface area (Å²) in [4.78, 5) is 15.3. The quantitative estimate of drug-likeness (QED) is 0.896. The summed E-state index contributed by atoms with van der Waals surface area (Å²) >= 11 is 0. The lowest BCUT2D eigenvalue weighted by atomic mass is 10.2. The predicted molar refractivity (Wildman–Crippen MR) is 73.8 cm³/mol. The van der Waals surface area contributed by atoms with E-state index in [1.807, 2.05) is 0 Å². The zero-order valence-corrected chi connectivity index (χ0v) is 12.0. The van der Waals surface area contributed by atoms with Gasteiger partial charge in [0.2, 0.25) is 10.0 Å². The molecule has 1 N–H and O–H groups in total. The third kappa shape index (κ3) is 1.95. The first kappa shape index (κ1) is 13.8. The summed E-state index contributed by atoms with van der Waals surface area (Å²) in [7, 11) is -3.66. The van der Waals surface area contributed by atoms with Gasteiger partial charge < -0.3 is 5.11 Å². The van der Waals surface area contributed by atoms with Gasteiger partial charge in [-0.15, -0.1) is 0 Å². The first-order chi connectivity index (χ1) is 9.96. The van der Waals surface area contributed by atoms with E-state index >= 15 is 0 Å². The molecule has 1 aliphatic heterocycles. The van der Waals surface area contributed by atoms with E-state index in [2.05, 4.69) is 4.98 Å². The molecule has 0 unspecified atom stereocenters. The fourth-order valence-electron chi connectivity index (χ4n) is 2.46. The Kier molecular flexibility index (Phi) is 3.07. The van der Waals surface area contributed by atoms with Crippen molar-refractivity contribution in [3.63, 3.8) is 0 Å². The Morgan fingerprint density at radius 1 is 1.38 bits per heavy atom. The molecular weight excluding hydrogens is 294 g/mol. The molecule has 0 saturated carbocycles. The van der Waals surface area contributed by atoms with Crippen molar-refractivity contribution in [1.29, 1.82) is 0 Å². The van der Waals surface area contributed by atoms with Crippen LogP contribution in [0.5, 0.6) is 0 Å². The molecule has 2 heterocycles. The number of hydrogen-bond donors (Lipinski definition) is 1. The van der Waals surface area contributed by atoms with Gasteiger partial charge in [0.15, 0.2) is 5.69 Å². The van der Waals surface area contributed by atoms with E-state index in [-0.39, 0.29) is 23.7 Å². The molecule has 0 atom stereocenters. The molecule has 0 bridgehead atoms. The number of carbonyl (C=O) groups is 1. The molecule has 0 amide bonds. The summed E-state index contributed by atoms with van der Waals surface area (Å²) in [5.41, 5.74) is 0.654. The molecule has 21 heavy (non-hydrogen) atoms. The van der Waals surface area contributed by atoms with Crippen LogP contribution in [0.4, 0.5) is 0 Å². The second-order valence-corrected chi connectivity index (χ2v) is 6.52. The van der Waals surface area contributed by atoms with Crippen LogP contribution in [0.3, 0.4) is 0 Å². The third-order valence-electron chi connectivity index (χ3n) is 3.49. The van der Waals surface area contributed by atoms with Crippen molar-refractivity contribution in [2.75, 3.05) is 6.54 Å². The lowest BCUT2D eigenvalue weighted by Gasteiger charge is -2.17. The van der Waals surface area contributed by atoms with Crippen molar-refractivity contribution in [1.82, 2.24) is 13.9 Å². The summed E-state index contributed by atoms with van der Waals surface area (Å²) in [6, 6.07) is 6.51. The second-order valence-electron chi connectivity index (χ2n) is 4.61. The molecule has 0 aliphatic carbocycles. The van der Waals surface area contributed by atoms with Gasteiger partial charge in [0.1, 0.15) is 11.2 Å². The fourth-order valence-corrected chi connectivity index (χ4v) is 4.05. The molecule has 1 aliphatic rings. The van der Waals surface area contributed by atoms with Gasteiger partial charge in [0, 0.05) is 6.54 Å². The lowest BCUT2D eigenvalue weighted by Crippen LogP contribution is -2.30. The number of sulfonamides is 1. The minimum absolute atomic E-state index is 0.0187. The number of rotatable bonds is 2. The summed E-state index contributed by atoms with van der Waals surface area (Å²) in [5, 5.41) is 9.21. The van der Waals surface area contributed by atoms with E-state index in [0.717, 1.165) is 0 Å². The molecule has 1 aromatic heterocycles. The number of hydrogen-bond acceptors (Lipinski definition) is 4. The number of carboxylic acid groups (broad SMARTS) is 1. The summed E-state index contributed by atoms with van der Waals surface area (Å²) in [6.45, 7) is 1.95. The van der Waals surface area contributed by atoms with E-state index in [1.54, 1.807) is 25.1 Å². The molecule has 0 fully saturated rings. The average molecular weight is 307 g/mol. The highest BCUT2D eigenvalue weighted by Gasteiger charge is 2.33. The van der Waals surface area contributed by atoms with Gasteiger partial charge in [0.25, 0.3) is 0 Å². The van der Waals surface area contributed by atoms with Crippen LogP contribution in [0.15, 0.2) is 35.5 Å². The van der Waals surface area contributed by atoms with E-state index in [1.165, 1.54) is 21.3 Å². The molecule has 7 nitrogen and oxygen atoms in total. The lowest BCUT2D eigenvalue weighted by molar-refractivity contribution is 0.0689. The van der Waals surface area contributed by atoms with Gasteiger partial charge in [-0.2, -0.15) is 4.31 Å². The smallest absolute Gasteiger partial charge is 0.356 e. The van der Waals surface area contributed by atoms with Crippen LogP contribution in [-0.2, 0) is 16.6 Å². The van der Waals surface area contributed by atoms with Crippen molar-refractivity contribution in [2.45, 2.75) is 18.4 Å². The Morgan fingerprint density at radius 3 is 2.76 bits per heavy atom. The van der Waals surface area contributed by atoms with Gasteiger partial charge >= 0.3 is 5.97 Å². The zero-order valence-electron chi connectivity index (χ0n) is 11.2. The van der Waals surface area contributed by atoms with Crippen LogP contribution in [0, 0.1) is 0 Å².